The number of Topliss-reactive ketones (excluding diaryl/α,β-unsaturated/α-hetero) is 1. The molecule has 2 aromatic heterocycles. The first-order chi connectivity index (χ1) is 16.8. The van der Waals surface area contributed by atoms with Crippen molar-refractivity contribution < 1.29 is 27.5 Å². The molecule has 0 saturated carbocycles. The molecule has 0 atom stereocenters. The lowest BCUT2D eigenvalue weighted by atomic mass is 10.1. The van der Waals surface area contributed by atoms with Crippen molar-refractivity contribution in [2.45, 2.75) is 32.1 Å². The maximum Gasteiger partial charge on any atom is 0.387 e. The van der Waals surface area contributed by atoms with Crippen molar-refractivity contribution in [3.8, 4) is 17.2 Å². The number of ketones is 1. The third-order valence-corrected chi connectivity index (χ3v) is 6.16. The van der Waals surface area contributed by atoms with E-state index in [1.165, 1.54) is 23.9 Å². The summed E-state index contributed by atoms with van der Waals surface area (Å²) in [7, 11) is 1.61. The zero-order valence-electron chi connectivity index (χ0n) is 19.3. The van der Waals surface area contributed by atoms with Gasteiger partial charge in [-0.3, -0.25) is 4.79 Å². The SMILES string of the molecule is COc1ccc(Cc2nnc(SCC(=O)c3cc(C)n(-c4ccc(OC(F)F)cc4)c3C)o2)cc1. The first-order valence-corrected chi connectivity index (χ1v) is 11.7. The van der Waals surface area contributed by atoms with Crippen molar-refractivity contribution >= 4 is 17.5 Å². The zero-order valence-corrected chi connectivity index (χ0v) is 20.1. The molecule has 4 aromatic rings. The highest BCUT2D eigenvalue weighted by molar-refractivity contribution is 7.99. The number of ether oxygens (including phenoxy) is 2. The van der Waals surface area contributed by atoms with Crippen LogP contribution in [0.3, 0.4) is 0 Å². The lowest BCUT2D eigenvalue weighted by molar-refractivity contribution is -0.0498. The van der Waals surface area contributed by atoms with Crippen molar-refractivity contribution in [2.75, 3.05) is 12.9 Å². The van der Waals surface area contributed by atoms with E-state index in [1.54, 1.807) is 19.2 Å². The maximum atomic E-state index is 12.9. The van der Waals surface area contributed by atoms with Crippen molar-refractivity contribution in [2.24, 2.45) is 0 Å². The Morgan fingerprint density at radius 1 is 1.06 bits per heavy atom. The van der Waals surface area contributed by atoms with Gasteiger partial charge in [0.1, 0.15) is 11.5 Å². The predicted molar refractivity (Wildman–Crippen MR) is 127 cm³/mol. The number of alkyl halides is 2. The fourth-order valence-electron chi connectivity index (χ4n) is 3.71. The number of aromatic nitrogens is 3. The van der Waals surface area contributed by atoms with Gasteiger partial charge in [-0.15, -0.1) is 10.2 Å². The van der Waals surface area contributed by atoms with Gasteiger partial charge in [0.2, 0.25) is 5.89 Å². The lowest BCUT2D eigenvalue weighted by Gasteiger charge is -2.11. The van der Waals surface area contributed by atoms with Crippen LogP contribution < -0.4 is 9.47 Å². The van der Waals surface area contributed by atoms with Gasteiger partial charge in [-0.2, -0.15) is 8.78 Å². The summed E-state index contributed by atoms with van der Waals surface area (Å²) in [5.41, 5.74) is 3.91. The molecule has 0 unspecified atom stereocenters. The Morgan fingerprint density at radius 2 is 1.74 bits per heavy atom. The van der Waals surface area contributed by atoms with Crippen molar-refractivity contribution in [1.29, 1.82) is 0 Å². The Labute approximate surface area is 205 Å². The minimum absolute atomic E-state index is 0.0739. The van der Waals surface area contributed by atoms with Crippen LogP contribution in [0.15, 0.2) is 64.2 Å². The summed E-state index contributed by atoms with van der Waals surface area (Å²) < 4.78 is 41.9. The maximum absolute atomic E-state index is 12.9. The van der Waals surface area contributed by atoms with E-state index in [-0.39, 0.29) is 17.3 Å². The van der Waals surface area contributed by atoms with E-state index in [0.717, 1.165) is 28.4 Å². The molecule has 0 spiro atoms. The van der Waals surface area contributed by atoms with Gasteiger partial charge < -0.3 is 18.5 Å². The molecule has 0 fully saturated rings. The number of aryl methyl sites for hydroxylation is 1. The van der Waals surface area contributed by atoms with Crippen LogP contribution in [0.2, 0.25) is 0 Å². The number of benzene rings is 2. The number of hydrogen-bond acceptors (Lipinski definition) is 7. The van der Waals surface area contributed by atoms with Crippen LogP contribution in [-0.2, 0) is 6.42 Å². The minimum atomic E-state index is -2.88. The van der Waals surface area contributed by atoms with Gasteiger partial charge in [0.05, 0.1) is 19.3 Å². The molecule has 0 amide bonds. The number of thioether (sulfide) groups is 1. The van der Waals surface area contributed by atoms with Crippen molar-refractivity contribution in [1.82, 2.24) is 14.8 Å². The van der Waals surface area contributed by atoms with Crippen LogP contribution in [0.5, 0.6) is 11.5 Å². The summed E-state index contributed by atoms with van der Waals surface area (Å²) in [6.45, 7) is 0.841. The van der Waals surface area contributed by atoms with Gasteiger partial charge in [-0.1, -0.05) is 23.9 Å². The zero-order chi connectivity index (χ0) is 24.9. The highest BCUT2D eigenvalue weighted by Crippen LogP contribution is 2.26. The normalized spacial score (nSPS) is 11.1. The van der Waals surface area contributed by atoms with E-state index in [2.05, 4.69) is 14.9 Å². The fraction of sp³-hybridized carbons (Fsp3) is 0.240. The molecule has 10 heteroatoms. The minimum Gasteiger partial charge on any atom is -0.497 e. The van der Waals surface area contributed by atoms with Crippen LogP contribution in [0, 0.1) is 13.8 Å². The molecule has 7 nitrogen and oxygen atoms in total. The van der Waals surface area contributed by atoms with E-state index < -0.39 is 6.61 Å². The largest absolute Gasteiger partial charge is 0.497 e. The van der Waals surface area contributed by atoms with Gasteiger partial charge >= 0.3 is 6.61 Å². The van der Waals surface area contributed by atoms with Gasteiger partial charge in [0.25, 0.3) is 5.22 Å². The molecule has 35 heavy (non-hydrogen) atoms. The highest BCUT2D eigenvalue weighted by Gasteiger charge is 2.18. The Bertz CT molecular complexity index is 1300. The predicted octanol–water partition coefficient (Wildman–Crippen LogP) is 5.65. The average molecular weight is 500 g/mol. The van der Waals surface area contributed by atoms with Gasteiger partial charge in [-0.05, 0) is 61.9 Å². The van der Waals surface area contributed by atoms with Crippen LogP contribution in [-0.4, -0.2) is 40.0 Å². The van der Waals surface area contributed by atoms with Crippen LogP contribution in [0.1, 0.15) is 33.2 Å². The third kappa shape index (κ3) is 5.89. The summed E-state index contributed by atoms with van der Waals surface area (Å²) in [4.78, 5) is 12.9. The molecule has 4 rings (SSSR count). The fourth-order valence-corrected chi connectivity index (χ4v) is 4.37. The molecular formula is C25H23F2N3O4S. The monoisotopic (exact) mass is 499 g/mol. The molecule has 0 radical (unpaired) electrons. The van der Waals surface area contributed by atoms with Crippen molar-refractivity contribution in [3.63, 3.8) is 0 Å². The molecule has 0 aliphatic carbocycles. The molecule has 0 aliphatic heterocycles. The molecule has 2 heterocycles. The molecule has 182 valence electrons. The van der Waals surface area contributed by atoms with E-state index in [9.17, 15) is 13.6 Å². The second-order valence-corrected chi connectivity index (χ2v) is 8.62. The summed E-state index contributed by atoms with van der Waals surface area (Å²) in [5, 5.41) is 8.42. The first kappa shape index (κ1) is 24.5. The van der Waals surface area contributed by atoms with E-state index in [1.807, 2.05) is 48.7 Å². The number of halogens is 2. The average Bonchev–Trinajstić information content (AvgIpc) is 3.41. The Hall–Kier alpha value is -3.66. The number of methoxy groups -OCH3 is 1. The van der Waals surface area contributed by atoms with Crippen LogP contribution in [0.4, 0.5) is 8.78 Å². The molecule has 0 aliphatic rings. The van der Waals surface area contributed by atoms with E-state index >= 15 is 0 Å². The Morgan fingerprint density at radius 3 is 2.40 bits per heavy atom. The molecule has 0 N–H and O–H groups in total. The Kier molecular flexibility index (Phi) is 7.50. The quantitative estimate of drug-likeness (QED) is 0.206. The second-order valence-electron chi connectivity index (χ2n) is 7.69. The van der Waals surface area contributed by atoms with Crippen LogP contribution in [0.25, 0.3) is 5.69 Å². The molecular weight excluding hydrogens is 476 g/mol. The van der Waals surface area contributed by atoms with Gasteiger partial charge in [0, 0.05) is 22.6 Å². The number of nitrogens with zero attached hydrogens (tertiary/aromatic N) is 3. The summed E-state index contributed by atoms with van der Waals surface area (Å²) in [5.74, 6) is 1.36. The van der Waals surface area contributed by atoms with E-state index in [4.69, 9.17) is 9.15 Å². The number of carbonyl (C=O) groups excluding carboxylic acids is 1. The smallest absolute Gasteiger partial charge is 0.387 e. The Balaban J connectivity index is 1.40. The standard InChI is InChI=1S/C25H23F2N3O4S/c1-15-12-21(16(2)30(15)18-6-10-20(11-7-18)33-24(26)27)22(31)14-35-25-29-28-23(34-25)13-17-4-8-19(32-3)9-5-17/h4-12,24H,13-14H2,1-3H3. The summed E-state index contributed by atoms with van der Waals surface area (Å²) in [6, 6.07) is 15.7. The van der Waals surface area contributed by atoms with Crippen LogP contribution >= 0.6 is 11.8 Å². The van der Waals surface area contributed by atoms with Gasteiger partial charge in [0.15, 0.2) is 5.78 Å². The topological polar surface area (TPSA) is 79.4 Å². The molecule has 0 bridgehead atoms. The third-order valence-electron chi connectivity index (χ3n) is 5.34. The number of hydrogen-bond donors (Lipinski definition) is 0. The second kappa shape index (κ2) is 10.7. The molecule has 0 saturated heterocycles. The van der Waals surface area contributed by atoms with E-state index in [0.29, 0.717) is 23.1 Å². The van der Waals surface area contributed by atoms with Crippen molar-refractivity contribution in [3.05, 3.63) is 83.0 Å². The highest BCUT2D eigenvalue weighted by atomic mass is 32.2. The number of rotatable bonds is 10. The first-order valence-electron chi connectivity index (χ1n) is 10.7. The molecule has 2 aromatic carbocycles. The summed E-state index contributed by atoms with van der Waals surface area (Å²) in [6.07, 6.45) is 0.480. The van der Waals surface area contributed by atoms with Gasteiger partial charge in [-0.25, -0.2) is 0 Å². The number of carbonyl (C=O) groups is 1. The lowest BCUT2D eigenvalue weighted by Crippen LogP contribution is -2.06. The summed E-state index contributed by atoms with van der Waals surface area (Å²) >= 11 is 1.18.